The molecule has 0 unspecified atom stereocenters. The summed E-state index contributed by atoms with van der Waals surface area (Å²) in [6.07, 6.45) is 0.852. The van der Waals surface area contributed by atoms with Crippen molar-refractivity contribution >= 4 is 16.7 Å². The topological polar surface area (TPSA) is 44.8 Å². The first-order valence-electron chi connectivity index (χ1n) is 10.1. The quantitative estimate of drug-likeness (QED) is 0.472. The molecule has 0 saturated carbocycles. The molecule has 0 saturated heterocycles. The molecule has 156 valence electrons. The van der Waals surface area contributed by atoms with Crippen molar-refractivity contribution in [3.05, 3.63) is 71.3 Å². The van der Waals surface area contributed by atoms with Gasteiger partial charge in [0.25, 0.3) is 0 Å². The minimum absolute atomic E-state index is 0.0289. The smallest absolute Gasteiger partial charge is 0.361 e. The van der Waals surface area contributed by atoms with E-state index in [1.807, 2.05) is 0 Å². The largest absolute Gasteiger partial charge is 0.493 e. The molecule has 0 N–H and O–H groups in total. The van der Waals surface area contributed by atoms with Crippen molar-refractivity contribution in [3.63, 3.8) is 0 Å². The van der Waals surface area contributed by atoms with Crippen LogP contribution in [0.2, 0.25) is 0 Å². The highest BCUT2D eigenvalue weighted by molar-refractivity contribution is 5.86. The number of esters is 1. The lowest BCUT2D eigenvalue weighted by Gasteiger charge is -2.45. The molecular weight excluding hydrogens is 378 g/mol. The van der Waals surface area contributed by atoms with E-state index in [2.05, 4.69) is 61.6 Å². The molecule has 1 aliphatic heterocycles. The van der Waals surface area contributed by atoms with E-state index in [9.17, 15) is 4.79 Å². The van der Waals surface area contributed by atoms with Gasteiger partial charge in [-0.2, -0.15) is 0 Å². The maximum Gasteiger partial charge on any atom is 0.361 e. The van der Waals surface area contributed by atoms with E-state index in [-0.39, 0.29) is 12.0 Å². The fourth-order valence-electron chi connectivity index (χ4n) is 4.77. The van der Waals surface area contributed by atoms with E-state index in [0.29, 0.717) is 16.8 Å². The number of quaternary nitrogens is 1. The zero-order valence-electron chi connectivity index (χ0n) is 18.0. The normalized spacial score (nSPS) is 20.5. The van der Waals surface area contributed by atoms with E-state index in [4.69, 9.17) is 14.2 Å². The minimum atomic E-state index is -0.202. The number of benzene rings is 3. The number of hydrogen-bond acceptors (Lipinski definition) is 4. The number of likely N-dealkylation sites (N-methyl/N-ethyl adjacent to an activating group) is 1. The second-order valence-corrected chi connectivity index (χ2v) is 8.06. The highest BCUT2D eigenvalue weighted by atomic mass is 16.5. The van der Waals surface area contributed by atoms with Gasteiger partial charge in [-0.3, -0.25) is 0 Å². The van der Waals surface area contributed by atoms with Gasteiger partial charge in [0, 0.05) is 17.5 Å². The Morgan fingerprint density at radius 3 is 2.40 bits per heavy atom. The summed E-state index contributed by atoms with van der Waals surface area (Å²) in [5, 5.41) is 2.38. The first-order valence-corrected chi connectivity index (χ1v) is 10.1. The van der Waals surface area contributed by atoms with Crippen LogP contribution in [-0.2, 0) is 16.0 Å². The SMILES string of the molecule is COC(=O)C[N@+]1(C)CCc2cc(OC)c(OC)cc2[C@H]1c1cccc2ccccc12. The molecule has 5 heteroatoms. The van der Waals surface area contributed by atoms with Crippen molar-refractivity contribution in [1.82, 2.24) is 0 Å². The molecule has 4 rings (SSSR count). The van der Waals surface area contributed by atoms with Gasteiger partial charge in [-0.15, -0.1) is 0 Å². The molecule has 30 heavy (non-hydrogen) atoms. The van der Waals surface area contributed by atoms with Crippen LogP contribution in [0.25, 0.3) is 10.8 Å². The zero-order chi connectivity index (χ0) is 21.3. The van der Waals surface area contributed by atoms with Crippen molar-refractivity contribution in [1.29, 1.82) is 0 Å². The van der Waals surface area contributed by atoms with Crippen LogP contribution in [0.3, 0.4) is 0 Å². The molecule has 0 aromatic heterocycles. The summed E-state index contributed by atoms with van der Waals surface area (Å²) in [6.45, 7) is 1.13. The second-order valence-electron chi connectivity index (χ2n) is 8.06. The summed E-state index contributed by atoms with van der Waals surface area (Å²) in [4.78, 5) is 12.4. The van der Waals surface area contributed by atoms with Crippen molar-refractivity contribution in [2.45, 2.75) is 12.5 Å². The Kier molecular flexibility index (Phi) is 5.39. The summed E-state index contributed by atoms with van der Waals surface area (Å²) in [5.41, 5.74) is 3.60. The van der Waals surface area contributed by atoms with Gasteiger partial charge in [-0.05, 0) is 28.5 Å². The highest BCUT2D eigenvalue weighted by Crippen LogP contribution is 2.45. The number of nitrogens with zero attached hydrogens (tertiary/aromatic N) is 1. The third-order valence-corrected chi connectivity index (χ3v) is 6.29. The maximum absolute atomic E-state index is 12.4. The predicted octanol–water partition coefficient (Wildman–Crippen LogP) is 4.12. The van der Waals surface area contributed by atoms with Gasteiger partial charge >= 0.3 is 5.97 Å². The molecule has 3 aromatic carbocycles. The monoisotopic (exact) mass is 406 g/mol. The Hall–Kier alpha value is -3.05. The highest BCUT2D eigenvalue weighted by Gasteiger charge is 2.43. The molecule has 5 nitrogen and oxygen atoms in total. The van der Waals surface area contributed by atoms with Crippen LogP contribution in [0.1, 0.15) is 22.7 Å². The van der Waals surface area contributed by atoms with Gasteiger partial charge in [-0.25, -0.2) is 4.79 Å². The average Bonchev–Trinajstić information content (AvgIpc) is 2.77. The van der Waals surface area contributed by atoms with Crippen LogP contribution in [0.15, 0.2) is 54.6 Å². The lowest BCUT2D eigenvalue weighted by atomic mass is 9.84. The van der Waals surface area contributed by atoms with Crippen LogP contribution in [0, 0.1) is 0 Å². The second kappa shape index (κ2) is 8.00. The molecule has 3 aromatic rings. The number of carbonyl (C=O) groups excluding carboxylic acids is 1. The Balaban J connectivity index is 1.98. The van der Waals surface area contributed by atoms with Crippen LogP contribution in [-0.4, -0.2) is 51.9 Å². The number of methoxy groups -OCH3 is 3. The lowest BCUT2D eigenvalue weighted by molar-refractivity contribution is -0.928. The van der Waals surface area contributed by atoms with Gasteiger partial charge in [0.05, 0.1) is 34.9 Å². The summed E-state index contributed by atoms with van der Waals surface area (Å²) in [6, 6.07) is 18.9. The van der Waals surface area contributed by atoms with Crippen LogP contribution in [0.5, 0.6) is 11.5 Å². The van der Waals surface area contributed by atoms with Gasteiger partial charge in [0.2, 0.25) is 0 Å². The fraction of sp³-hybridized carbons (Fsp3) is 0.320. The Morgan fingerprint density at radius 1 is 0.967 bits per heavy atom. The summed E-state index contributed by atoms with van der Waals surface area (Å²) < 4.78 is 16.8. The Bertz CT molecular complexity index is 1090. The third kappa shape index (κ3) is 3.39. The van der Waals surface area contributed by atoms with E-state index in [0.717, 1.165) is 18.7 Å². The van der Waals surface area contributed by atoms with Crippen molar-refractivity contribution in [2.75, 3.05) is 41.5 Å². The molecule has 2 atom stereocenters. The molecular formula is C25H28NO4+. The van der Waals surface area contributed by atoms with Crippen LogP contribution in [0.4, 0.5) is 0 Å². The van der Waals surface area contributed by atoms with Gasteiger partial charge < -0.3 is 18.7 Å². The molecule has 1 aliphatic rings. The summed E-state index contributed by atoms with van der Waals surface area (Å²) in [7, 11) is 6.91. The fourth-order valence-corrected chi connectivity index (χ4v) is 4.77. The van der Waals surface area contributed by atoms with Crippen LogP contribution < -0.4 is 9.47 Å². The van der Waals surface area contributed by atoms with E-state index >= 15 is 0 Å². The maximum atomic E-state index is 12.4. The van der Waals surface area contributed by atoms with Gasteiger partial charge in [0.1, 0.15) is 6.04 Å². The van der Waals surface area contributed by atoms with E-state index < -0.39 is 0 Å². The molecule has 0 amide bonds. The third-order valence-electron chi connectivity index (χ3n) is 6.29. The zero-order valence-corrected chi connectivity index (χ0v) is 18.0. The minimum Gasteiger partial charge on any atom is -0.493 e. The first-order chi connectivity index (χ1) is 14.5. The Morgan fingerprint density at radius 2 is 1.67 bits per heavy atom. The predicted molar refractivity (Wildman–Crippen MR) is 117 cm³/mol. The summed E-state index contributed by atoms with van der Waals surface area (Å²) >= 11 is 0. The lowest BCUT2D eigenvalue weighted by Crippen LogP contribution is -2.54. The average molecular weight is 407 g/mol. The Labute approximate surface area is 177 Å². The molecule has 0 aliphatic carbocycles. The number of fused-ring (bicyclic) bond motifs is 2. The molecule has 1 heterocycles. The van der Waals surface area contributed by atoms with Gasteiger partial charge in [-0.1, -0.05) is 42.5 Å². The van der Waals surface area contributed by atoms with Crippen LogP contribution >= 0.6 is 0 Å². The summed E-state index contributed by atoms with van der Waals surface area (Å²) in [5.74, 6) is 1.23. The van der Waals surface area contributed by atoms with Crippen molar-refractivity contribution in [3.8, 4) is 11.5 Å². The molecule has 0 bridgehead atoms. The van der Waals surface area contributed by atoms with Gasteiger partial charge in [0.15, 0.2) is 18.0 Å². The number of carbonyl (C=O) groups is 1. The van der Waals surface area contributed by atoms with Crippen molar-refractivity contribution in [2.24, 2.45) is 0 Å². The first kappa shape index (κ1) is 20.2. The molecule has 0 radical (unpaired) electrons. The van der Waals surface area contributed by atoms with E-state index in [1.54, 1.807) is 14.2 Å². The number of rotatable bonds is 5. The van der Waals surface area contributed by atoms with Crippen molar-refractivity contribution < 1.29 is 23.5 Å². The standard InChI is InChI=1S/C25H28NO4/c1-26(16-24(27)30-4)13-12-18-14-22(28-2)23(29-3)15-21(18)25(26)20-11-7-9-17-8-5-6-10-19(17)20/h5-11,14-15,25H,12-13,16H2,1-4H3/q+1/t25-,26+/m1/s1. The van der Waals surface area contributed by atoms with E-state index in [1.165, 1.54) is 34.6 Å². The number of hydrogen-bond donors (Lipinski definition) is 0. The number of ether oxygens (including phenoxy) is 3. The molecule has 0 fully saturated rings. The molecule has 0 spiro atoms.